The fourth-order valence-corrected chi connectivity index (χ4v) is 4.38. The number of carbonyl (C=O) groups is 3. The Hall–Kier alpha value is -2.37. The number of carbonyl (C=O) groups excluding carboxylic acids is 2. The first-order valence-electron chi connectivity index (χ1n) is 9.64. The average Bonchev–Trinajstić information content (AvgIpc) is 3.24. The minimum Gasteiger partial charge on any atom is -0.481 e. The third-order valence-corrected chi connectivity index (χ3v) is 6.20. The van der Waals surface area contributed by atoms with Gasteiger partial charge in [-0.2, -0.15) is 0 Å². The highest BCUT2D eigenvalue weighted by Crippen LogP contribution is 2.58. The van der Waals surface area contributed by atoms with Crippen LogP contribution in [0.2, 0.25) is 0 Å². The second-order valence-corrected chi connectivity index (χ2v) is 8.39. The molecule has 2 aliphatic rings. The summed E-state index contributed by atoms with van der Waals surface area (Å²) in [5, 5.41) is 12.0. The lowest BCUT2D eigenvalue weighted by atomic mass is 9.94. The number of anilines is 1. The number of rotatable bonds is 5. The van der Waals surface area contributed by atoms with Crippen molar-refractivity contribution in [2.45, 2.75) is 52.0 Å². The summed E-state index contributed by atoms with van der Waals surface area (Å²) in [6.45, 7) is 3.57. The topological polar surface area (TPSA) is 86.7 Å². The molecule has 27 heavy (non-hydrogen) atoms. The zero-order valence-electron chi connectivity index (χ0n) is 16.2. The summed E-state index contributed by atoms with van der Waals surface area (Å²) in [4.78, 5) is 38.4. The molecule has 0 saturated heterocycles. The Morgan fingerprint density at radius 3 is 2.37 bits per heavy atom. The van der Waals surface area contributed by atoms with E-state index in [1.807, 2.05) is 11.9 Å². The monoisotopic (exact) mass is 372 g/mol. The number of nitrogens with one attached hydrogen (secondary N) is 1. The van der Waals surface area contributed by atoms with Gasteiger partial charge in [0.25, 0.3) is 5.91 Å². The minimum atomic E-state index is -0.946. The van der Waals surface area contributed by atoms with Crippen LogP contribution in [0.3, 0.4) is 0 Å². The van der Waals surface area contributed by atoms with E-state index in [2.05, 4.69) is 5.32 Å². The van der Waals surface area contributed by atoms with Gasteiger partial charge in [0.1, 0.15) is 0 Å². The van der Waals surface area contributed by atoms with Crippen molar-refractivity contribution >= 4 is 23.5 Å². The molecule has 2 atom stereocenters. The molecule has 1 aromatic rings. The van der Waals surface area contributed by atoms with E-state index in [0.29, 0.717) is 11.3 Å². The molecule has 0 spiro atoms. The van der Waals surface area contributed by atoms with Crippen LogP contribution in [0.1, 0.15) is 56.3 Å². The molecule has 0 heterocycles. The smallest absolute Gasteiger partial charge is 0.307 e. The molecule has 2 fully saturated rings. The lowest BCUT2D eigenvalue weighted by Gasteiger charge is -2.31. The van der Waals surface area contributed by atoms with Gasteiger partial charge < -0.3 is 15.3 Å². The quantitative estimate of drug-likeness (QED) is 0.829. The maximum absolute atomic E-state index is 12.8. The first-order valence-corrected chi connectivity index (χ1v) is 9.64. The van der Waals surface area contributed by atoms with Crippen molar-refractivity contribution < 1.29 is 19.5 Å². The van der Waals surface area contributed by atoms with Crippen LogP contribution in [0, 0.1) is 17.3 Å². The zero-order valence-corrected chi connectivity index (χ0v) is 16.2. The molecule has 3 rings (SSSR count). The molecule has 6 nitrogen and oxygen atoms in total. The largest absolute Gasteiger partial charge is 0.481 e. The fraction of sp³-hybridized carbons (Fsp3) is 0.571. The Kier molecular flexibility index (Phi) is 5.27. The summed E-state index contributed by atoms with van der Waals surface area (Å²) in [7, 11) is 1.84. The molecular formula is C21H28N2O4. The van der Waals surface area contributed by atoms with E-state index in [1.165, 1.54) is 6.42 Å². The van der Waals surface area contributed by atoms with Crippen molar-refractivity contribution in [3.05, 3.63) is 29.8 Å². The van der Waals surface area contributed by atoms with Crippen LogP contribution in [-0.2, 0) is 9.59 Å². The second kappa shape index (κ2) is 7.33. The Morgan fingerprint density at radius 1 is 1.11 bits per heavy atom. The van der Waals surface area contributed by atoms with E-state index in [9.17, 15) is 19.5 Å². The van der Waals surface area contributed by atoms with Gasteiger partial charge in [0.05, 0.1) is 11.8 Å². The van der Waals surface area contributed by atoms with Gasteiger partial charge in [0, 0.05) is 24.3 Å². The van der Waals surface area contributed by atoms with E-state index in [0.717, 1.165) is 25.7 Å². The number of hydrogen-bond acceptors (Lipinski definition) is 3. The molecule has 0 radical (unpaired) electrons. The van der Waals surface area contributed by atoms with Crippen LogP contribution in [0.5, 0.6) is 0 Å². The van der Waals surface area contributed by atoms with Crippen LogP contribution in [0.25, 0.3) is 0 Å². The van der Waals surface area contributed by atoms with Crippen LogP contribution in [0.15, 0.2) is 24.3 Å². The molecular weight excluding hydrogens is 344 g/mol. The van der Waals surface area contributed by atoms with Gasteiger partial charge in [-0.3, -0.25) is 14.4 Å². The molecule has 6 heteroatoms. The molecule has 0 unspecified atom stereocenters. The molecule has 0 bridgehead atoms. The molecule has 2 amide bonds. The third-order valence-electron chi connectivity index (χ3n) is 6.20. The van der Waals surface area contributed by atoms with Crippen molar-refractivity contribution in [1.82, 2.24) is 4.90 Å². The van der Waals surface area contributed by atoms with E-state index in [-0.39, 0.29) is 17.9 Å². The molecule has 2 N–H and O–H groups in total. The van der Waals surface area contributed by atoms with Crippen molar-refractivity contribution in [2.75, 3.05) is 12.4 Å². The predicted molar refractivity (Wildman–Crippen MR) is 102 cm³/mol. The van der Waals surface area contributed by atoms with E-state index in [1.54, 1.807) is 38.1 Å². The third kappa shape index (κ3) is 3.84. The Labute approximate surface area is 159 Å². The normalized spacial score (nSPS) is 24.1. The lowest BCUT2D eigenvalue weighted by Crippen LogP contribution is -2.38. The van der Waals surface area contributed by atoms with Gasteiger partial charge in [0.15, 0.2) is 0 Å². The summed E-state index contributed by atoms with van der Waals surface area (Å²) in [6, 6.07) is 7.15. The highest BCUT2D eigenvalue weighted by molar-refractivity contribution is 6.01. The number of carboxylic acids is 1. The van der Waals surface area contributed by atoms with Crippen molar-refractivity contribution in [3.63, 3.8) is 0 Å². The molecule has 0 aromatic heterocycles. The van der Waals surface area contributed by atoms with Gasteiger partial charge >= 0.3 is 5.97 Å². The molecule has 146 valence electrons. The average molecular weight is 372 g/mol. The van der Waals surface area contributed by atoms with Gasteiger partial charge in [-0.1, -0.05) is 39.2 Å². The van der Waals surface area contributed by atoms with Crippen LogP contribution < -0.4 is 5.32 Å². The van der Waals surface area contributed by atoms with Crippen LogP contribution in [-0.4, -0.2) is 40.9 Å². The molecule has 2 saturated carbocycles. The number of aliphatic carboxylic acids is 1. The summed E-state index contributed by atoms with van der Waals surface area (Å²) in [5.74, 6) is -2.52. The van der Waals surface area contributed by atoms with Gasteiger partial charge in [-0.05, 0) is 36.5 Å². The molecule has 2 aliphatic carbocycles. The fourth-order valence-electron chi connectivity index (χ4n) is 4.38. The minimum absolute atomic E-state index is 0.0480. The first-order chi connectivity index (χ1) is 12.7. The van der Waals surface area contributed by atoms with Crippen LogP contribution in [0.4, 0.5) is 5.69 Å². The van der Waals surface area contributed by atoms with E-state index >= 15 is 0 Å². The number of benzene rings is 1. The standard InChI is InChI=1S/C21H28N2O4/c1-21(2)16(17(21)20(26)27)18(24)22-14-9-7-8-13(12-14)19(25)23(3)15-10-5-4-6-11-15/h7-9,12,15-17H,4-6,10-11H2,1-3H3,(H,22,24)(H,26,27)/t16-,17-/m1/s1. The molecule has 0 aliphatic heterocycles. The highest BCUT2D eigenvalue weighted by Gasteiger charge is 2.65. The number of nitrogens with zero attached hydrogens (tertiary/aromatic N) is 1. The number of carboxylic acid groups (broad SMARTS) is 1. The number of hydrogen-bond donors (Lipinski definition) is 2. The van der Waals surface area contributed by atoms with E-state index < -0.39 is 23.2 Å². The predicted octanol–water partition coefficient (Wildman–Crippen LogP) is 3.39. The first kappa shape index (κ1) is 19.4. The van der Waals surface area contributed by atoms with Crippen molar-refractivity contribution in [1.29, 1.82) is 0 Å². The van der Waals surface area contributed by atoms with Crippen molar-refractivity contribution in [3.8, 4) is 0 Å². The van der Waals surface area contributed by atoms with E-state index in [4.69, 9.17) is 0 Å². The van der Waals surface area contributed by atoms with Gasteiger partial charge in [0.2, 0.25) is 5.91 Å². The highest BCUT2D eigenvalue weighted by atomic mass is 16.4. The SMILES string of the molecule is CN(C(=O)c1cccc(NC(=O)[C@H]2[C@H](C(=O)O)C2(C)C)c1)C1CCCCC1. The summed E-state index contributed by atoms with van der Waals surface area (Å²) >= 11 is 0. The summed E-state index contributed by atoms with van der Waals surface area (Å²) < 4.78 is 0. The van der Waals surface area contributed by atoms with Crippen molar-refractivity contribution in [2.24, 2.45) is 17.3 Å². The zero-order chi connectivity index (χ0) is 19.8. The second-order valence-electron chi connectivity index (χ2n) is 8.39. The molecule has 1 aromatic carbocycles. The lowest BCUT2D eigenvalue weighted by molar-refractivity contribution is -0.140. The Bertz CT molecular complexity index is 752. The maximum atomic E-state index is 12.8. The summed E-state index contributed by atoms with van der Waals surface area (Å²) in [6.07, 6.45) is 5.60. The maximum Gasteiger partial charge on any atom is 0.307 e. The van der Waals surface area contributed by atoms with Crippen LogP contribution >= 0.6 is 0 Å². The van der Waals surface area contributed by atoms with Gasteiger partial charge in [-0.25, -0.2) is 0 Å². The Morgan fingerprint density at radius 2 is 1.78 bits per heavy atom. The van der Waals surface area contributed by atoms with Gasteiger partial charge in [-0.15, -0.1) is 0 Å². The summed E-state index contributed by atoms with van der Waals surface area (Å²) in [5.41, 5.74) is 0.505. The number of amides is 2. The Balaban J connectivity index is 1.68.